The Morgan fingerprint density at radius 2 is 1.80 bits per heavy atom. The van der Waals surface area contributed by atoms with E-state index in [-0.39, 0.29) is 0 Å². The predicted molar refractivity (Wildman–Crippen MR) is 74.3 cm³/mol. The highest BCUT2D eigenvalue weighted by atomic mass is 16.4. The highest BCUT2D eigenvalue weighted by molar-refractivity contribution is 5.52. The Morgan fingerprint density at radius 3 is 2.60 bits per heavy atom. The molecule has 3 fully saturated rings. The van der Waals surface area contributed by atoms with Crippen LogP contribution in [0.25, 0.3) is 11.5 Å². The molecule has 20 heavy (non-hydrogen) atoms. The third-order valence-electron chi connectivity index (χ3n) is 4.24. The lowest BCUT2D eigenvalue weighted by Gasteiger charge is -2.29. The van der Waals surface area contributed by atoms with Gasteiger partial charge in [0.15, 0.2) is 0 Å². The molecule has 0 atom stereocenters. The number of fused-ring (bicyclic) bond motifs is 4. The standard InChI is InChI=1S/C14H17N5O/c1-5-15-6-2-11(1)13-16-17-14(20-13)19-10-9-18-7-3-12(19)4-8-18/h1-2,5-6,12H,3-4,7-10H2. The van der Waals surface area contributed by atoms with Crippen LogP contribution in [0.4, 0.5) is 6.01 Å². The van der Waals surface area contributed by atoms with Gasteiger partial charge in [-0.25, -0.2) is 0 Å². The molecule has 5 heterocycles. The third kappa shape index (κ3) is 2.06. The van der Waals surface area contributed by atoms with E-state index in [0.29, 0.717) is 17.9 Å². The molecule has 5 rings (SSSR count). The summed E-state index contributed by atoms with van der Waals surface area (Å²) in [7, 11) is 0. The number of hydrogen-bond acceptors (Lipinski definition) is 6. The van der Waals surface area contributed by atoms with Crippen LogP contribution in [0.2, 0.25) is 0 Å². The van der Waals surface area contributed by atoms with Crippen molar-refractivity contribution in [3.63, 3.8) is 0 Å². The minimum absolute atomic E-state index is 0.541. The van der Waals surface area contributed by atoms with E-state index in [1.54, 1.807) is 12.4 Å². The van der Waals surface area contributed by atoms with E-state index in [2.05, 4.69) is 25.0 Å². The van der Waals surface area contributed by atoms with Crippen molar-refractivity contribution in [1.82, 2.24) is 20.1 Å². The zero-order chi connectivity index (χ0) is 13.4. The Labute approximate surface area is 117 Å². The molecular formula is C14H17N5O. The summed E-state index contributed by atoms with van der Waals surface area (Å²) in [6.07, 6.45) is 5.85. The maximum Gasteiger partial charge on any atom is 0.318 e. The smallest absolute Gasteiger partial charge is 0.318 e. The molecule has 0 aromatic carbocycles. The molecule has 3 aliphatic rings. The van der Waals surface area contributed by atoms with Crippen LogP contribution in [-0.2, 0) is 0 Å². The van der Waals surface area contributed by atoms with E-state index in [1.807, 2.05) is 12.1 Å². The molecule has 104 valence electrons. The maximum absolute atomic E-state index is 5.87. The van der Waals surface area contributed by atoms with Crippen LogP contribution < -0.4 is 4.90 Å². The molecule has 0 saturated carbocycles. The lowest BCUT2D eigenvalue weighted by Crippen LogP contribution is -2.38. The van der Waals surface area contributed by atoms with Gasteiger partial charge in [0.25, 0.3) is 0 Å². The Bertz CT molecular complexity index is 576. The maximum atomic E-state index is 5.87. The number of pyridine rings is 1. The fourth-order valence-electron chi connectivity index (χ4n) is 3.08. The molecule has 0 spiro atoms. The van der Waals surface area contributed by atoms with Crippen molar-refractivity contribution in [2.24, 2.45) is 0 Å². The summed E-state index contributed by atoms with van der Waals surface area (Å²) in [4.78, 5) is 8.80. The van der Waals surface area contributed by atoms with Crippen LogP contribution in [-0.4, -0.2) is 52.3 Å². The first-order chi connectivity index (χ1) is 9.90. The van der Waals surface area contributed by atoms with Gasteiger partial charge in [-0.1, -0.05) is 5.10 Å². The molecule has 0 amide bonds. The van der Waals surface area contributed by atoms with Crippen molar-refractivity contribution in [1.29, 1.82) is 0 Å². The molecule has 6 heteroatoms. The number of hydrogen-bond donors (Lipinski definition) is 0. The van der Waals surface area contributed by atoms with Gasteiger partial charge in [0.1, 0.15) is 0 Å². The van der Waals surface area contributed by atoms with Gasteiger partial charge >= 0.3 is 6.01 Å². The highest BCUT2D eigenvalue weighted by Crippen LogP contribution is 2.28. The second kappa shape index (κ2) is 4.86. The molecule has 0 unspecified atom stereocenters. The summed E-state index contributed by atoms with van der Waals surface area (Å²) < 4.78 is 5.87. The highest BCUT2D eigenvalue weighted by Gasteiger charge is 2.31. The Morgan fingerprint density at radius 1 is 1.00 bits per heavy atom. The third-order valence-corrected chi connectivity index (χ3v) is 4.24. The summed E-state index contributed by atoms with van der Waals surface area (Å²) in [6, 6.07) is 4.97. The van der Waals surface area contributed by atoms with Crippen molar-refractivity contribution < 1.29 is 4.42 Å². The second-order valence-electron chi connectivity index (χ2n) is 5.39. The molecule has 0 N–H and O–H groups in total. The Kier molecular flexibility index (Phi) is 2.88. The van der Waals surface area contributed by atoms with Gasteiger partial charge in [-0.2, -0.15) is 0 Å². The molecule has 6 nitrogen and oxygen atoms in total. The van der Waals surface area contributed by atoms with E-state index < -0.39 is 0 Å². The van der Waals surface area contributed by atoms with Crippen molar-refractivity contribution in [3.8, 4) is 11.5 Å². The van der Waals surface area contributed by atoms with Gasteiger partial charge in [-0.05, 0) is 25.0 Å². The first kappa shape index (κ1) is 11.8. The second-order valence-corrected chi connectivity index (χ2v) is 5.39. The van der Waals surface area contributed by atoms with E-state index >= 15 is 0 Å². The normalized spacial score (nSPS) is 25.7. The van der Waals surface area contributed by atoms with Crippen molar-refractivity contribution in [2.75, 3.05) is 31.1 Å². The Balaban J connectivity index is 1.61. The molecule has 2 aromatic rings. The molecule has 2 aromatic heterocycles. The Hall–Kier alpha value is -1.95. The van der Waals surface area contributed by atoms with Crippen molar-refractivity contribution >= 4 is 6.01 Å². The summed E-state index contributed by atoms with van der Waals surface area (Å²) in [5, 5.41) is 8.42. The van der Waals surface area contributed by atoms with Gasteiger partial charge in [-0.3, -0.25) is 4.98 Å². The summed E-state index contributed by atoms with van der Waals surface area (Å²) in [5.74, 6) is 0.571. The largest absolute Gasteiger partial charge is 0.403 e. The lowest BCUT2D eigenvalue weighted by atomic mass is 10.1. The zero-order valence-corrected chi connectivity index (χ0v) is 11.3. The first-order valence-electron chi connectivity index (χ1n) is 7.13. The van der Waals surface area contributed by atoms with Crippen LogP contribution in [0.5, 0.6) is 0 Å². The molecule has 3 aliphatic heterocycles. The number of rotatable bonds is 2. The van der Waals surface area contributed by atoms with E-state index in [9.17, 15) is 0 Å². The van der Waals surface area contributed by atoms with E-state index in [1.165, 1.54) is 25.9 Å². The van der Waals surface area contributed by atoms with E-state index in [0.717, 1.165) is 18.7 Å². The number of aromatic nitrogens is 3. The topological polar surface area (TPSA) is 58.3 Å². The van der Waals surface area contributed by atoms with Crippen LogP contribution >= 0.6 is 0 Å². The summed E-state index contributed by atoms with van der Waals surface area (Å²) in [5.41, 5.74) is 0.918. The lowest BCUT2D eigenvalue weighted by molar-refractivity contribution is 0.249. The van der Waals surface area contributed by atoms with Crippen molar-refractivity contribution in [2.45, 2.75) is 18.9 Å². The van der Waals surface area contributed by atoms with Crippen molar-refractivity contribution in [3.05, 3.63) is 24.5 Å². The zero-order valence-electron chi connectivity index (χ0n) is 11.3. The molecule has 0 aliphatic carbocycles. The van der Waals surface area contributed by atoms with Gasteiger partial charge < -0.3 is 14.2 Å². The molecule has 3 saturated heterocycles. The first-order valence-corrected chi connectivity index (χ1v) is 7.13. The van der Waals surface area contributed by atoms with Crippen LogP contribution in [0.15, 0.2) is 28.9 Å². The SMILES string of the molecule is c1cc(-c2nnc(N3CCN4CCC3CC4)o2)ccn1. The average molecular weight is 271 g/mol. The molecule has 0 radical (unpaired) electrons. The minimum Gasteiger partial charge on any atom is -0.403 e. The quantitative estimate of drug-likeness (QED) is 0.823. The minimum atomic E-state index is 0.541. The van der Waals surface area contributed by atoms with Gasteiger partial charge in [0, 0.05) is 50.2 Å². The average Bonchev–Trinajstić information content (AvgIpc) is 2.81. The number of nitrogens with zero attached hydrogens (tertiary/aromatic N) is 5. The van der Waals surface area contributed by atoms with Gasteiger partial charge in [-0.15, -0.1) is 5.10 Å². The van der Waals surface area contributed by atoms with Crippen LogP contribution in [0.1, 0.15) is 12.8 Å². The van der Waals surface area contributed by atoms with E-state index in [4.69, 9.17) is 4.42 Å². The van der Waals surface area contributed by atoms with Crippen LogP contribution in [0, 0.1) is 0 Å². The summed E-state index contributed by atoms with van der Waals surface area (Å²) in [6.45, 7) is 4.44. The number of anilines is 1. The van der Waals surface area contributed by atoms with Gasteiger partial charge in [0.05, 0.1) is 0 Å². The predicted octanol–water partition coefficient (Wildman–Crippen LogP) is 1.42. The molecule has 2 bridgehead atoms. The summed E-state index contributed by atoms with van der Waals surface area (Å²) >= 11 is 0. The monoisotopic (exact) mass is 271 g/mol. The number of piperidine rings is 1. The molecular weight excluding hydrogens is 254 g/mol. The van der Waals surface area contributed by atoms with Crippen LogP contribution in [0.3, 0.4) is 0 Å². The van der Waals surface area contributed by atoms with Gasteiger partial charge in [0.2, 0.25) is 5.89 Å². The fraction of sp³-hybridized carbons (Fsp3) is 0.500. The fourth-order valence-corrected chi connectivity index (χ4v) is 3.08.